The number of hydrogen-bond donors (Lipinski definition) is 3. The molecule has 154 valence electrons. The summed E-state index contributed by atoms with van der Waals surface area (Å²) >= 11 is 0. The summed E-state index contributed by atoms with van der Waals surface area (Å²) in [6.07, 6.45) is 1.73. The number of aromatic nitrogens is 2. The highest BCUT2D eigenvalue weighted by Crippen LogP contribution is 2.41. The van der Waals surface area contributed by atoms with Gasteiger partial charge < -0.3 is 24.7 Å². The molecule has 0 saturated carbocycles. The molecule has 0 bridgehead atoms. The van der Waals surface area contributed by atoms with Crippen LogP contribution in [0.5, 0.6) is 23.1 Å². The van der Waals surface area contributed by atoms with Crippen LogP contribution in [0.1, 0.15) is 23.6 Å². The molecule has 1 aromatic heterocycles. The molecule has 0 amide bonds. The lowest BCUT2D eigenvalue weighted by molar-refractivity contribution is 0.323. The van der Waals surface area contributed by atoms with Crippen molar-refractivity contribution < 1.29 is 19.3 Å². The molecular weight excluding hydrogens is 380 g/mol. The van der Waals surface area contributed by atoms with Gasteiger partial charge in [0.05, 0.1) is 33.1 Å². The van der Waals surface area contributed by atoms with Gasteiger partial charge in [0, 0.05) is 13.0 Å². The number of ether oxygens (including phenoxy) is 3. The molecule has 29 heavy (non-hydrogen) atoms. The number of aromatic hydroxyl groups is 1. The zero-order chi connectivity index (χ0) is 21.1. The molecule has 0 fully saturated rings. The van der Waals surface area contributed by atoms with Crippen LogP contribution in [0.2, 0.25) is 0 Å². The normalized spacial score (nSPS) is 15.4. The number of hydrazone groups is 1. The SMILES string of the molecule is C=CCn1c(O)c(C2=NN[C@@H](c3cc(OC)c(OC)c(OC)c3)C2)c(=O)[nH]c1=O. The first-order valence-corrected chi connectivity index (χ1v) is 8.74. The summed E-state index contributed by atoms with van der Waals surface area (Å²) in [7, 11) is 4.55. The Kier molecular flexibility index (Phi) is 5.62. The average Bonchev–Trinajstić information content (AvgIpc) is 3.19. The summed E-state index contributed by atoms with van der Waals surface area (Å²) in [5.74, 6) is 0.975. The molecule has 0 unspecified atom stereocenters. The topological polar surface area (TPSA) is 127 Å². The maximum Gasteiger partial charge on any atom is 0.331 e. The predicted molar refractivity (Wildman–Crippen MR) is 106 cm³/mol. The minimum absolute atomic E-state index is 0.0471. The van der Waals surface area contributed by atoms with E-state index in [0.29, 0.717) is 29.4 Å². The third-order valence-electron chi connectivity index (χ3n) is 4.61. The van der Waals surface area contributed by atoms with Gasteiger partial charge in [-0.15, -0.1) is 6.58 Å². The van der Waals surface area contributed by atoms with Gasteiger partial charge in [-0.2, -0.15) is 5.10 Å². The van der Waals surface area contributed by atoms with E-state index in [4.69, 9.17) is 14.2 Å². The maximum absolute atomic E-state index is 12.3. The number of nitrogens with one attached hydrogen (secondary N) is 2. The Morgan fingerprint density at radius 1 is 1.24 bits per heavy atom. The van der Waals surface area contributed by atoms with E-state index < -0.39 is 17.1 Å². The van der Waals surface area contributed by atoms with Crippen molar-refractivity contribution >= 4 is 5.71 Å². The van der Waals surface area contributed by atoms with Gasteiger partial charge in [0.1, 0.15) is 5.56 Å². The third kappa shape index (κ3) is 3.56. The quantitative estimate of drug-likeness (QED) is 0.587. The van der Waals surface area contributed by atoms with Crippen molar-refractivity contribution in [3.05, 3.63) is 56.8 Å². The van der Waals surface area contributed by atoms with E-state index in [1.807, 2.05) is 0 Å². The minimum atomic E-state index is -0.719. The van der Waals surface area contributed by atoms with Crippen LogP contribution in [0.4, 0.5) is 0 Å². The highest BCUT2D eigenvalue weighted by Gasteiger charge is 2.28. The summed E-state index contributed by atoms with van der Waals surface area (Å²) < 4.78 is 17.1. The van der Waals surface area contributed by atoms with Gasteiger partial charge in [0.25, 0.3) is 5.56 Å². The molecule has 0 saturated heterocycles. The first-order valence-electron chi connectivity index (χ1n) is 8.74. The monoisotopic (exact) mass is 402 g/mol. The van der Waals surface area contributed by atoms with Crippen LogP contribution in [0, 0.1) is 0 Å². The van der Waals surface area contributed by atoms with Crippen molar-refractivity contribution in [2.24, 2.45) is 5.10 Å². The van der Waals surface area contributed by atoms with Crippen LogP contribution in [-0.2, 0) is 6.54 Å². The molecule has 2 aromatic rings. The lowest BCUT2D eigenvalue weighted by Crippen LogP contribution is -2.33. The van der Waals surface area contributed by atoms with E-state index in [0.717, 1.165) is 10.1 Å². The number of H-pyrrole nitrogens is 1. The smallest absolute Gasteiger partial charge is 0.331 e. The first-order chi connectivity index (χ1) is 13.9. The van der Waals surface area contributed by atoms with Crippen molar-refractivity contribution in [2.75, 3.05) is 21.3 Å². The van der Waals surface area contributed by atoms with Crippen molar-refractivity contribution in [1.82, 2.24) is 15.0 Å². The lowest BCUT2D eigenvalue weighted by atomic mass is 9.99. The van der Waals surface area contributed by atoms with Gasteiger partial charge in [-0.05, 0) is 17.7 Å². The molecule has 3 N–H and O–H groups in total. The molecule has 0 radical (unpaired) electrons. The highest BCUT2D eigenvalue weighted by atomic mass is 16.5. The van der Waals surface area contributed by atoms with Gasteiger partial charge in [0.2, 0.25) is 11.6 Å². The summed E-state index contributed by atoms with van der Waals surface area (Å²) in [4.78, 5) is 26.4. The van der Waals surface area contributed by atoms with Crippen LogP contribution in [-0.4, -0.2) is 41.7 Å². The van der Waals surface area contributed by atoms with E-state index in [1.165, 1.54) is 27.4 Å². The van der Waals surface area contributed by atoms with E-state index in [1.54, 1.807) is 12.1 Å². The Hall–Kier alpha value is -3.69. The number of benzene rings is 1. The molecule has 2 heterocycles. The zero-order valence-corrected chi connectivity index (χ0v) is 16.3. The average molecular weight is 402 g/mol. The fraction of sp³-hybridized carbons (Fsp3) is 0.316. The summed E-state index contributed by atoms with van der Waals surface area (Å²) in [5, 5.41) is 14.7. The molecular formula is C19H22N4O6. The number of methoxy groups -OCH3 is 3. The second-order valence-electron chi connectivity index (χ2n) is 6.26. The van der Waals surface area contributed by atoms with Crippen LogP contribution >= 0.6 is 0 Å². The molecule has 10 nitrogen and oxygen atoms in total. The van der Waals surface area contributed by atoms with Crippen LogP contribution in [0.15, 0.2) is 39.5 Å². The minimum Gasteiger partial charge on any atom is -0.494 e. The van der Waals surface area contributed by atoms with Crippen LogP contribution in [0.25, 0.3) is 0 Å². The zero-order valence-electron chi connectivity index (χ0n) is 16.3. The molecule has 1 aliphatic rings. The standard InChI is InChI=1S/C19H22N4O6/c1-5-6-23-18(25)15(17(24)20-19(23)26)12-9-11(21-22-12)10-7-13(27-2)16(29-4)14(8-10)28-3/h5,7-8,11,21,25H,1,6,9H2,2-4H3,(H,20,24,26)/t11-/m1/s1. The Balaban J connectivity index is 1.97. The summed E-state index contributed by atoms with van der Waals surface area (Å²) in [6, 6.07) is 3.25. The second kappa shape index (κ2) is 8.13. The number of nitrogens with zero attached hydrogens (tertiary/aromatic N) is 2. The van der Waals surface area contributed by atoms with Gasteiger partial charge in [-0.3, -0.25) is 14.3 Å². The predicted octanol–water partition coefficient (Wildman–Crippen LogP) is 0.893. The number of allylic oxidation sites excluding steroid dienone is 1. The fourth-order valence-corrected chi connectivity index (χ4v) is 3.21. The summed E-state index contributed by atoms with van der Waals surface area (Å²) in [5.41, 5.74) is 2.56. The lowest BCUT2D eigenvalue weighted by Gasteiger charge is -2.17. The fourth-order valence-electron chi connectivity index (χ4n) is 3.21. The van der Waals surface area contributed by atoms with Gasteiger partial charge in [-0.1, -0.05) is 6.08 Å². The summed E-state index contributed by atoms with van der Waals surface area (Å²) in [6.45, 7) is 3.59. The molecule has 0 spiro atoms. The number of hydrogen-bond acceptors (Lipinski definition) is 8. The molecule has 1 aromatic carbocycles. The van der Waals surface area contributed by atoms with Crippen LogP contribution < -0.4 is 30.9 Å². The molecule has 1 aliphatic heterocycles. The molecule has 0 aliphatic carbocycles. The maximum atomic E-state index is 12.3. The largest absolute Gasteiger partial charge is 0.494 e. The van der Waals surface area contributed by atoms with E-state index in [2.05, 4.69) is 22.1 Å². The Labute approximate surface area is 166 Å². The van der Waals surface area contributed by atoms with Crippen molar-refractivity contribution in [3.8, 4) is 23.1 Å². The van der Waals surface area contributed by atoms with Crippen LogP contribution in [0.3, 0.4) is 0 Å². The van der Waals surface area contributed by atoms with Crippen molar-refractivity contribution in [1.29, 1.82) is 0 Å². The Morgan fingerprint density at radius 2 is 1.90 bits per heavy atom. The van der Waals surface area contributed by atoms with Gasteiger partial charge in [-0.25, -0.2) is 4.79 Å². The highest BCUT2D eigenvalue weighted by molar-refractivity contribution is 6.03. The third-order valence-corrected chi connectivity index (χ3v) is 4.61. The van der Waals surface area contributed by atoms with E-state index in [9.17, 15) is 14.7 Å². The first kappa shape index (κ1) is 20.1. The molecule has 1 atom stereocenters. The Morgan fingerprint density at radius 3 is 2.45 bits per heavy atom. The number of rotatable bonds is 7. The number of aromatic amines is 1. The molecule has 10 heteroatoms. The van der Waals surface area contributed by atoms with E-state index >= 15 is 0 Å². The van der Waals surface area contributed by atoms with Gasteiger partial charge in [0.15, 0.2) is 11.5 Å². The second-order valence-corrected chi connectivity index (χ2v) is 6.26. The Bertz CT molecular complexity index is 1060. The van der Waals surface area contributed by atoms with E-state index in [-0.39, 0.29) is 18.2 Å². The van der Waals surface area contributed by atoms with Crippen molar-refractivity contribution in [3.63, 3.8) is 0 Å². The van der Waals surface area contributed by atoms with Crippen molar-refractivity contribution in [2.45, 2.75) is 19.0 Å². The molecule has 3 rings (SSSR count). The van der Waals surface area contributed by atoms with Gasteiger partial charge >= 0.3 is 5.69 Å².